The van der Waals surface area contributed by atoms with Gasteiger partial charge in [0.15, 0.2) is 0 Å². The minimum Gasteiger partial charge on any atom is -0.319 e. The average Bonchev–Trinajstić information content (AvgIpc) is 3.16. The molecule has 0 radical (unpaired) electrons. The Bertz CT molecular complexity index is 683. The van der Waals surface area contributed by atoms with Crippen LogP contribution in [0.1, 0.15) is 52.4 Å². The van der Waals surface area contributed by atoms with Gasteiger partial charge in [-0.2, -0.15) is 0 Å². The first kappa shape index (κ1) is 14.8. The second-order valence-corrected chi connectivity index (χ2v) is 12.9. The molecule has 3 saturated carbocycles. The predicted octanol–water partition coefficient (Wildman–Crippen LogP) is 5.30. The second-order valence-electron chi connectivity index (χ2n) is 9.79. The fourth-order valence-corrected chi connectivity index (χ4v) is 11.0. The van der Waals surface area contributed by atoms with Gasteiger partial charge < -0.3 is 4.57 Å². The molecule has 124 valence electrons. The fourth-order valence-electron chi connectivity index (χ4n) is 7.43. The van der Waals surface area contributed by atoms with Crippen LogP contribution < -0.4 is 5.30 Å². The van der Waals surface area contributed by atoms with Crippen LogP contribution in [0.2, 0.25) is 0 Å². The maximum absolute atomic E-state index is 13.5. The molecule has 1 aromatic carbocycles. The van der Waals surface area contributed by atoms with Gasteiger partial charge >= 0.3 is 0 Å². The van der Waals surface area contributed by atoms with E-state index in [-0.39, 0.29) is 0 Å². The van der Waals surface area contributed by atoms with Crippen molar-refractivity contribution >= 4 is 12.4 Å². The molecule has 1 nitrogen and oxygen atoms in total. The molecule has 0 N–H and O–H groups in total. The Balaban J connectivity index is 1.41. The third-order valence-corrected chi connectivity index (χ3v) is 12.1. The molecular formula is C21H29OP. The van der Waals surface area contributed by atoms with Gasteiger partial charge in [0, 0.05) is 17.6 Å². The van der Waals surface area contributed by atoms with Gasteiger partial charge in [-0.1, -0.05) is 44.2 Å². The Labute approximate surface area is 140 Å². The largest absolute Gasteiger partial charge is 0.319 e. The highest BCUT2D eigenvalue weighted by molar-refractivity contribution is 7.71. The summed E-state index contributed by atoms with van der Waals surface area (Å²) in [5.74, 6) is 1.94. The maximum atomic E-state index is 13.5. The van der Waals surface area contributed by atoms with Crippen LogP contribution in [-0.4, -0.2) is 12.3 Å². The molecule has 0 amide bonds. The molecule has 3 aliphatic carbocycles. The van der Waals surface area contributed by atoms with E-state index in [0.717, 1.165) is 29.5 Å². The van der Waals surface area contributed by atoms with Crippen molar-refractivity contribution < 1.29 is 4.57 Å². The minimum atomic E-state index is -2.12. The van der Waals surface area contributed by atoms with Crippen LogP contribution in [0.25, 0.3) is 0 Å². The molecular weight excluding hydrogens is 299 g/mol. The molecule has 1 aromatic rings. The highest BCUT2D eigenvalue weighted by Gasteiger charge is 2.72. The van der Waals surface area contributed by atoms with E-state index in [1.165, 1.54) is 38.5 Å². The monoisotopic (exact) mass is 328 g/mol. The van der Waals surface area contributed by atoms with E-state index in [0.29, 0.717) is 16.2 Å². The summed E-state index contributed by atoms with van der Waals surface area (Å²) < 4.78 is 13.5. The summed E-state index contributed by atoms with van der Waals surface area (Å²) >= 11 is 0. The van der Waals surface area contributed by atoms with Crippen molar-refractivity contribution in [1.82, 2.24) is 0 Å². The van der Waals surface area contributed by atoms with Gasteiger partial charge in [-0.3, -0.25) is 0 Å². The van der Waals surface area contributed by atoms with Gasteiger partial charge in [-0.15, -0.1) is 0 Å². The SMILES string of the molecule is CC1(C)C2CCC(C2)C12CC1(CCP(=O)(c3ccccc3)C1)C2. The fraction of sp³-hybridized carbons (Fsp3) is 0.714. The van der Waals surface area contributed by atoms with E-state index < -0.39 is 7.14 Å². The van der Waals surface area contributed by atoms with E-state index in [1.54, 1.807) is 0 Å². The highest BCUT2D eigenvalue weighted by atomic mass is 31.2. The summed E-state index contributed by atoms with van der Waals surface area (Å²) in [7, 11) is -2.12. The Morgan fingerprint density at radius 2 is 1.74 bits per heavy atom. The number of rotatable bonds is 1. The van der Waals surface area contributed by atoms with Crippen molar-refractivity contribution in [2.24, 2.45) is 28.1 Å². The lowest BCUT2D eigenvalue weighted by Crippen LogP contribution is -2.57. The van der Waals surface area contributed by atoms with Gasteiger partial charge in [0.05, 0.1) is 0 Å². The standard InChI is InChI=1S/C21H29OP/c1-19(2)16-8-9-17(12-16)21(19)13-20(14-21)10-11-23(22,15-20)18-6-4-3-5-7-18/h3-7,16-17H,8-15H2,1-2H3. The number of fused-ring (bicyclic) bond motifs is 3. The van der Waals surface area contributed by atoms with Crippen LogP contribution in [0.15, 0.2) is 30.3 Å². The highest BCUT2D eigenvalue weighted by Crippen LogP contribution is 2.81. The van der Waals surface area contributed by atoms with E-state index >= 15 is 0 Å². The molecule has 3 unspecified atom stereocenters. The van der Waals surface area contributed by atoms with E-state index in [1.807, 2.05) is 6.07 Å². The Morgan fingerprint density at radius 1 is 1.04 bits per heavy atom. The van der Waals surface area contributed by atoms with Crippen molar-refractivity contribution in [2.75, 3.05) is 12.3 Å². The normalized spacial score (nSPS) is 49.8. The van der Waals surface area contributed by atoms with Crippen molar-refractivity contribution in [2.45, 2.75) is 52.4 Å². The number of benzene rings is 1. The Morgan fingerprint density at radius 3 is 2.39 bits per heavy atom. The number of hydrogen-bond acceptors (Lipinski definition) is 1. The molecule has 4 aliphatic rings. The predicted molar refractivity (Wildman–Crippen MR) is 96.7 cm³/mol. The van der Waals surface area contributed by atoms with Crippen LogP contribution in [-0.2, 0) is 4.57 Å². The van der Waals surface area contributed by atoms with Gasteiger partial charge in [0.1, 0.15) is 7.14 Å². The Hall–Kier alpha value is -0.550. The first-order valence-electron chi connectivity index (χ1n) is 9.53. The summed E-state index contributed by atoms with van der Waals surface area (Å²) in [6.45, 7) is 5.10. The first-order valence-corrected chi connectivity index (χ1v) is 11.6. The minimum absolute atomic E-state index is 0.424. The van der Waals surface area contributed by atoms with Crippen molar-refractivity contribution in [3.05, 3.63) is 30.3 Å². The van der Waals surface area contributed by atoms with Crippen molar-refractivity contribution in [3.63, 3.8) is 0 Å². The average molecular weight is 328 g/mol. The molecule has 0 aromatic heterocycles. The van der Waals surface area contributed by atoms with Crippen LogP contribution >= 0.6 is 7.14 Å². The lowest BCUT2D eigenvalue weighted by molar-refractivity contribution is -0.143. The zero-order chi connectivity index (χ0) is 15.9. The third-order valence-electron chi connectivity index (χ3n) is 8.72. The summed E-state index contributed by atoms with van der Waals surface area (Å²) in [4.78, 5) is 0. The zero-order valence-electron chi connectivity index (χ0n) is 14.6. The van der Waals surface area contributed by atoms with Crippen molar-refractivity contribution in [1.29, 1.82) is 0 Å². The molecule has 2 heteroatoms. The molecule has 4 fully saturated rings. The lowest BCUT2D eigenvalue weighted by atomic mass is 9.40. The Kier molecular flexibility index (Phi) is 2.79. The summed E-state index contributed by atoms with van der Waals surface area (Å²) in [6, 6.07) is 10.4. The smallest absolute Gasteiger partial charge is 0.116 e. The molecule has 5 rings (SSSR count). The van der Waals surface area contributed by atoms with Crippen LogP contribution in [0.3, 0.4) is 0 Å². The molecule has 1 heterocycles. The summed E-state index contributed by atoms with van der Waals surface area (Å²) in [6.07, 6.45) is 10.4. The maximum Gasteiger partial charge on any atom is 0.116 e. The second kappa shape index (κ2) is 4.34. The molecule has 1 aliphatic heterocycles. The van der Waals surface area contributed by atoms with Crippen LogP contribution in [0.4, 0.5) is 0 Å². The lowest BCUT2D eigenvalue weighted by Gasteiger charge is -2.64. The molecule has 1 saturated heterocycles. The van der Waals surface area contributed by atoms with Crippen molar-refractivity contribution in [3.8, 4) is 0 Å². The molecule has 2 bridgehead atoms. The van der Waals surface area contributed by atoms with Gasteiger partial charge in [0.2, 0.25) is 0 Å². The quantitative estimate of drug-likeness (QED) is 0.639. The topological polar surface area (TPSA) is 17.1 Å². The van der Waals surface area contributed by atoms with E-state index in [2.05, 4.69) is 38.1 Å². The molecule has 3 atom stereocenters. The zero-order valence-corrected chi connectivity index (χ0v) is 15.4. The van der Waals surface area contributed by atoms with Gasteiger partial charge in [-0.25, -0.2) is 0 Å². The third kappa shape index (κ3) is 1.73. The van der Waals surface area contributed by atoms with E-state index in [9.17, 15) is 4.57 Å². The van der Waals surface area contributed by atoms with Crippen LogP contribution in [0.5, 0.6) is 0 Å². The number of hydrogen-bond donors (Lipinski definition) is 0. The molecule has 2 spiro atoms. The summed E-state index contributed by atoms with van der Waals surface area (Å²) in [5, 5.41) is 1.14. The summed E-state index contributed by atoms with van der Waals surface area (Å²) in [5.41, 5.74) is 1.55. The van der Waals surface area contributed by atoms with E-state index in [4.69, 9.17) is 0 Å². The first-order chi connectivity index (χ1) is 10.9. The molecule has 23 heavy (non-hydrogen) atoms. The van der Waals surface area contributed by atoms with Gasteiger partial charge in [-0.05, 0) is 66.6 Å². The van der Waals surface area contributed by atoms with Gasteiger partial charge in [0.25, 0.3) is 0 Å². The van der Waals surface area contributed by atoms with Crippen LogP contribution in [0, 0.1) is 28.1 Å².